The second-order valence-corrected chi connectivity index (χ2v) is 7.89. The summed E-state index contributed by atoms with van der Waals surface area (Å²) in [5, 5.41) is 2.13. The van der Waals surface area contributed by atoms with Crippen molar-refractivity contribution in [2.45, 2.75) is 45.6 Å². The molecule has 0 saturated carbocycles. The molecule has 2 aliphatic rings. The van der Waals surface area contributed by atoms with Gasteiger partial charge < -0.3 is 9.64 Å². The van der Waals surface area contributed by atoms with E-state index in [1.165, 1.54) is 10.4 Å². The van der Waals surface area contributed by atoms with E-state index >= 15 is 0 Å². The van der Waals surface area contributed by atoms with E-state index < -0.39 is 0 Å². The maximum absolute atomic E-state index is 12.9. The van der Waals surface area contributed by atoms with E-state index in [2.05, 4.69) is 23.3 Å². The molecule has 0 bridgehead atoms. The number of carbonyl (C=O) groups excluding carboxylic acids is 2. The summed E-state index contributed by atoms with van der Waals surface area (Å²) in [6.45, 7) is 7.14. The minimum absolute atomic E-state index is 0.0895. The number of amides is 1. The molecule has 1 fully saturated rings. The lowest BCUT2D eigenvalue weighted by Crippen LogP contribution is -2.48. The van der Waals surface area contributed by atoms with E-state index in [0.717, 1.165) is 38.8 Å². The van der Waals surface area contributed by atoms with Crippen LogP contribution >= 0.6 is 11.3 Å². The number of likely N-dealkylation sites (tertiary alicyclic amines) is 1. The summed E-state index contributed by atoms with van der Waals surface area (Å²) in [5.41, 5.74) is 1.33. The third-order valence-corrected chi connectivity index (χ3v) is 6.28. The van der Waals surface area contributed by atoms with Gasteiger partial charge in [-0.15, -0.1) is 11.3 Å². The van der Waals surface area contributed by atoms with Crippen LogP contribution in [0.4, 0.5) is 0 Å². The summed E-state index contributed by atoms with van der Waals surface area (Å²) < 4.78 is 5.16. The van der Waals surface area contributed by atoms with Crippen LogP contribution in [0.1, 0.15) is 49.6 Å². The average molecular weight is 365 g/mol. The Bertz CT molecular complexity index is 616. The Balaban J connectivity index is 1.61. The van der Waals surface area contributed by atoms with Gasteiger partial charge in [0.05, 0.1) is 25.1 Å². The molecule has 2 atom stereocenters. The van der Waals surface area contributed by atoms with Crippen molar-refractivity contribution >= 4 is 23.2 Å². The molecular formula is C19H28N2O3S. The lowest BCUT2D eigenvalue weighted by atomic mass is 9.96. The average Bonchev–Trinajstić information content (AvgIpc) is 3.10. The zero-order valence-corrected chi connectivity index (χ0v) is 16.0. The van der Waals surface area contributed by atoms with Crippen molar-refractivity contribution in [1.29, 1.82) is 0 Å². The molecule has 1 saturated heterocycles. The van der Waals surface area contributed by atoms with Crippen molar-refractivity contribution in [3.63, 3.8) is 0 Å². The molecule has 1 aromatic rings. The van der Waals surface area contributed by atoms with E-state index in [1.807, 2.05) is 11.8 Å². The molecule has 1 amide bonds. The van der Waals surface area contributed by atoms with Gasteiger partial charge in [0.15, 0.2) is 0 Å². The van der Waals surface area contributed by atoms with E-state index in [-0.39, 0.29) is 23.8 Å². The van der Waals surface area contributed by atoms with Crippen molar-refractivity contribution in [3.8, 4) is 0 Å². The molecule has 3 heterocycles. The molecule has 1 aromatic heterocycles. The number of fused-ring (bicyclic) bond motifs is 1. The van der Waals surface area contributed by atoms with Gasteiger partial charge in [0.25, 0.3) is 0 Å². The van der Waals surface area contributed by atoms with Crippen LogP contribution < -0.4 is 0 Å². The number of nitrogens with zero attached hydrogens (tertiary/aromatic N) is 2. The van der Waals surface area contributed by atoms with Crippen LogP contribution in [0.25, 0.3) is 0 Å². The third kappa shape index (κ3) is 4.06. The fraction of sp³-hybridized carbons (Fsp3) is 0.684. The van der Waals surface area contributed by atoms with Crippen LogP contribution in [0.15, 0.2) is 11.4 Å². The van der Waals surface area contributed by atoms with Crippen LogP contribution in [0, 0.1) is 5.92 Å². The first-order chi connectivity index (χ1) is 12.1. The first-order valence-electron chi connectivity index (χ1n) is 9.38. The monoisotopic (exact) mass is 364 g/mol. The fourth-order valence-corrected chi connectivity index (χ4v) is 5.00. The van der Waals surface area contributed by atoms with Gasteiger partial charge in [-0.1, -0.05) is 6.92 Å². The third-order valence-electron chi connectivity index (χ3n) is 5.29. The molecule has 25 heavy (non-hydrogen) atoms. The van der Waals surface area contributed by atoms with Gasteiger partial charge in [0.1, 0.15) is 0 Å². The predicted octanol–water partition coefficient (Wildman–Crippen LogP) is 2.86. The Morgan fingerprint density at radius 2 is 2.16 bits per heavy atom. The number of hydrogen-bond acceptors (Lipinski definition) is 5. The van der Waals surface area contributed by atoms with E-state index in [0.29, 0.717) is 19.7 Å². The first kappa shape index (κ1) is 18.4. The summed E-state index contributed by atoms with van der Waals surface area (Å²) in [5.74, 6) is -0.0199. The van der Waals surface area contributed by atoms with Crippen LogP contribution in [-0.4, -0.2) is 54.5 Å². The summed E-state index contributed by atoms with van der Waals surface area (Å²) in [4.78, 5) is 30.5. The molecule has 5 nitrogen and oxygen atoms in total. The maximum Gasteiger partial charge on any atom is 0.310 e. The van der Waals surface area contributed by atoms with Crippen molar-refractivity contribution < 1.29 is 14.3 Å². The largest absolute Gasteiger partial charge is 0.466 e. The first-order valence-corrected chi connectivity index (χ1v) is 10.3. The van der Waals surface area contributed by atoms with Gasteiger partial charge in [-0.05, 0) is 56.2 Å². The normalized spacial score (nSPS) is 24.0. The highest BCUT2D eigenvalue weighted by Crippen LogP contribution is 2.35. The molecule has 0 aromatic carbocycles. The maximum atomic E-state index is 12.9. The number of ether oxygens (including phenoxy) is 1. The molecule has 2 unspecified atom stereocenters. The summed E-state index contributed by atoms with van der Waals surface area (Å²) >= 11 is 1.80. The SMILES string of the molecule is CCOC(=O)C1CCCN(CC(=O)N2CCc3sccc3C2CC)C1. The Morgan fingerprint density at radius 3 is 2.92 bits per heavy atom. The molecule has 0 spiro atoms. The summed E-state index contributed by atoms with van der Waals surface area (Å²) in [7, 11) is 0. The molecule has 6 heteroatoms. The van der Waals surface area contributed by atoms with E-state index in [9.17, 15) is 9.59 Å². The van der Waals surface area contributed by atoms with Crippen LogP contribution in [0.3, 0.4) is 0 Å². The van der Waals surface area contributed by atoms with Gasteiger partial charge >= 0.3 is 5.97 Å². The summed E-state index contributed by atoms with van der Waals surface area (Å²) in [6, 6.07) is 2.37. The molecule has 3 rings (SSSR count). The quantitative estimate of drug-likeness (QED) is 0.754. The molecule has 2 aliphatic heterocycles. The topological polar surface area (TPSA) is 49.9 Å². The van der Waals surface area contributed by atoms with Crippen molar-refractivity contribution in [3.05, 3.63) is 21.9 Å². The highest BCUT2D eigenvalue weighted by Gasteiger charge is 2.33. The highest BCUT2D eigenvalue weighted by atomic mass is 32.1. The number of thiophene rings is 1. The van der Waals surface area contributed by atoms with Crippen LogP contribution in [-0.2, 0) is 20.7 Å². The molecule has 0 radical (unpaired) electrons. The van der Waals surface area contributed by atoms with Crippen LogP contribution in [0.5, 0.6) is 0 Å². The Labute approximate surface area is 153 Å². The number of carbonyl (C=O) groups is 2. The second kappa shape index (κ2) is 8.32. The standard InChI is InChI=1S/C19H28N2O3S/c1-3-16-15-8-11-25-17(15)7-10-21(16)18(22)13-20-9-5-6-14(12-20)19(23)24-4-2/h8,11,14,16H,3-7,9-10,12-13H2,1-2H3. The summed E-state index contributed by atoms with van der Waals surface area (Å²) in [6.07, 6.45) is 3.72. The Hall–Kier alpha value is -1.40. The van der Waals surface area contributed by atoms with E-state index in [1.54, 1.807) is 11.3 Å². The molecule has 0 N–H and O–H groups in total. The van der Waals surface area contributed by atoms with Gasteiger partial charge in [0, 0.05) is 18.0 Å². The fourth-order valence-electron chi connectivity index (χ4n) is 4.07. The number of piperidine rings is 1. The number of rotatable bonds is 5. The Morgan fingerprint density at radius 1 is 1.32 bits per heavy atom. The minimum Gasteiger partial charge on any atom is -0.466 e. The Kier molecular flexibility index (Phi) is 6.12. The van der Waals surface area contributed by atoms with Crippen molar-refractivity contribution in [1.82, 2.24) is 9.80 Å². The van der Waals surface area contributed by atoms with Gasteiger partial charge in [-0.3, -0.25) is 14.5 Å². The van der Waals surface area contributed by atoms with Crippen LogP contribution in [0.2, 0.25) is 0 Å². The second-order valence-electron chi connectivity index (χ2n) is 6.89. The predicted molar refractivity (Wildman–Crippen MR) is 98.6 cm³/mol. The zero-order valence-electron chi connectivity index (χ0n) is 15.2. The molecule has 138 valence electrons. The number of hydrogen-bond donors (Lipinski definition) is 0. The van der Waals surface area contributed by atoms with Gasteiger partial charge in [-0.25, -0.2) is 0 Å². The molecular weight excluding hydrogens is 336 g/mol. The number of esters is 1. The van der Waals surface area contributed by atoms with Gasteiger partial charge in [-0.2, -0.15) is 0 Å². The van der Waals surface area contributed by atoms with Crippen molar-refractivity contribution in [2.24, 2.45) is 5.92 Å². The smallest absolute Gasteiger partial charge is 0.310 e. The van der Waals surface area contributed by atoms with Crippen molar-refractivity contribution in [2.75, 3.05) is 32.8 Å². The molecule has 0 aliphatic carbocycles. The zero-order chi connectivity index (χ0) is 17.8. The van der Waals surface area contributed by atoms with Gasteiger partial charge in [0.2, 0.25) is 5.91 Å². The lowest BCUT2D eigenvalue weighted by molar-refractivity contribution is -0.151. The minimum atomic E-state index is -0.119. The lowest BCUT2D eigenvalue weighted by Gasteiger charge is -2.38. The highest BCUT2D eigenvalue weighted by molar-refractivity contribution is 7.10. The van der Waals surface area contributed by atoms with E-state index in [4.69, 9.17) is 4.74 Å².